The van der Waals surface area contributed by atoms with Crippen LogP contribution >= 0.6 is 0 Å². The van der Waals surface area contributed by atoms with E-state index in [0.717, 1.165) is 12.8 Å². The molecule has 0 aromatic carbocycles. The van der Waals surface area contributed by atoms with Crippen molar-refractivity contribution in [2.75, 3.05) is 19.8 Å². The first kappa shape index (κ1) is 31.9. The molecule has 0 atom stereocenters. The molecule has 5 heteroatoms. The van der Waals surface area contributed by atoms with Crippen molar-refractivity contribution in [1.29, 1.82) is 0 Å². The van der Waals surface area contributed by atoms with E-state index < -0.39 is 11.6 Å². The normalized spacial score (nSPS) is 11.7. The van der Waals surface area contributed by atoms with Gasteiger partial charge in [-0.25, -0.2) is 0 Å². The fourth-order valence-corrected chi connectivity index (χ4v) is 3.66. The van der Waals surface area contributed by atoms with Crippen LogP contribution in [0.15, 0.2) is 0 Å². The zero-order valence-corrected chi connectivity index (χ0v) is 22.6. The van der Waals surface area contributed by atoms with Gasteiger partial charge in [0.1, 0.15) is 13.2 Å². The summed E-state index contributed by atoms with van der Waals surface area (Å²) in [7, 11) is 0. The molecule has 0 spiro atoms. The van der Waals surface area contributed by atoms with Crippen molar-refractivity contribution in [3.05, 3.63) is 0 Å². The highest BCUT2D eigenvalue weighted by atomic mass is 16.6. The Hall–Kier alpha value is -1.10. The number of nitrogens with one attached hydrogen (secondary N) is 1. The molecule has 0 radical (unpaired) electrons. The Balaban J connectivity index is 3.46. The first-order valence-corrected chi connectivity index (χ1v) is 13.8. The number of hydrogen-bond acceptors (Lipinski definition) is 4. The van der Waals surface area contributed by atoms with Crippen molar-refractivity contribution >= 4 is 11.9 Å². The standard InChI is InChI=1S/C28H55NO4/c1-6-7-8-9-10-11-12-13-14-15-16-17-18-19-20-21-26(30)29-22-27(31)32-24-28(4,5)33-23-25(2)3/h25H,6-24H2,1-5H3,(H,29,30). The van der Waals surface area contributed by atoms with Gasteiger partial charge in [0.15, 0.2) is 0 Å². The maximum atomic E-state index is 11.9. The largest absolute Gasteiger partial charge is 0.461 e. The molecule has 0 fully saturated rings. The summed E-state index contributed by atoms with van der Waals surface area (Å²) in [5.74, 6) is -0.0583. The summed E-state index contributed by atoms with van der Waals surface area (Å²) >= 11 is 0. The monoisotopic (exact) mass is 469 g/mol. The molecule has 0 saturated carbocycles. The van der Waals surface area contributed by atoms with E-state index in [2.05, 4.69) is 26.1 Å². The van der Waals surface area contributed by atoms with Crippen molar-refractivity contribution in [1.82, 2.24) is 5.32 Å². The van der Waals surface area contributed by atoms with Crippen LogP contribution in [0.25, 0.3) is 0 Å². The average Bonchev–Trinajstić information content (AvgIpc) is 2.77. The molecular weight excluding hydrogens is 414 g/mol. The molecule has 0 aromatic heterocycles. The van der Waals surface area contributed by atoms with Gasteiger partial charge in [0.05, 0.1) is 5.60 Å². The van der Waals surface area contributed by atoms with Crippen LogP contribution in [0.5, 0.6) is 0 Å². The third-order valence-electron chi connectivity index (χ3n) is 5.83. The fourth-order valence-electron chi connectivity index (χ4n) is 3.66. The highest BCUT2D eigenvalue weighted by molar-refractivity contribution is 5.81. The molecule has 5 nitrogen and oxygen atoms in total. The Morgan fingerprint density at radius 2 is 1.21 bits per heavy atom. The number of carbonyl (C=O) groups excluding carboxylic acids is 2. The van der Waals surface area contributed by atoms with Gasteiger partial charge >= 0.3 is 5.97 Å². The molecule has 1 N–H and O–H groups in total. The maximum Gasteiger partial charge on any atom is 0.325 e. The minimum absolute atomic E-state index is 0.0716. The van der Waals surface area contributed by atoms with Gasteiger partial charge < -0.3 is 14.8 Å². The fraction of sp³-hybridized carbons (Fsp3) is 0.929. The number of carbonyl (C=O) groups is 2. The first-order chi connectivity index (χ1) is 15.8. The van der Waals surface area contributed by atoms with E-state index in [0.29, 0.717) is 18.9 Å². The Kier molecular flexibility index (Phi) is 20.7. The van der Waals surface area contributed by atoms with E-state index >= 15 is 0 Å². The first-order valence-electron chi connectivity index (χ1n) is 13.8. The smallest absolute Gasteiger partial charge is 0.325 e. The second-order valence-corrected chi connectivity index (χ2v) is 10.6. The van der Waals surface area contributed by atoms with Crippen molar-refractivity contribution in [2.24, 2.45) is 5.92 Å². The molecule has 0 heterocycles. The summed E-state index contributed by atoms with van der Waals surface area (Å²) in [4.78, 5) is 23.8. The predicted octanol–water partition coefficient (Wildman–Crippen LogP) is 7.36. The van der Waals surface area contributed by atoms with Gasteiger partial charge in [-0.1, -0.05) is 111 Å². The lowest BCUT2D eigenvalue weighted by Crippen LogP contribution is -2.36. The van der Waals surface area contributed by atoms with Crippen LogP contribution in [0.4, 0.5) is 0 Å². The Bertz CT molecular complexity index is 477. The average molecular weight is 470 g/mol. The van der Waals surface area contributed by atoms with Crippen LogP contribution in [0.1, 0.15) is 137 Å². The quantitative estimate of drug-likeness (QED) is 0.125. The summed E-state index contributed by atoms with van der Waals surface area (Å²) in [6.07, 6.45) is 20.1. The lowest BCUT2D eigenvalue weighted by molar-refractivity contribution is -0.153. The van der Waals surface area contributed by atoms with Crippen molar-refractivity contribution in [3.63, 3.8) is 0 Å². The Labute approximate surface area is 205 Å². The van der Waals surface area contributed by atoms with Crippen LogP contribution in [0.2, 0.25) is 0 Å². The molecule has 196 valence electrons. The molecule has 33 heavy (non-hydrogen) atoms. The summed E-state index contributed by atoms with van der Waals surface area (Å²) in [6.45, 7) is 11.0. The van der Waals surface area contributed by atoms with Crippen LogP contribution in [0, 0.1) is 5.92 Å². The van der Waals surface area contributed by atoms with Gasteiger partial charge in [-0.15, -0.1) is 0 Å². The highest BCUT2D eigenvalue weighted by Gasteiger charge is 2.21. The molecule has 0 aromatic rings. The zero-order valence-electron chi connectivity index (χ0n) is 22.6. The topological polar surface area (TPSA) is 64.6 Å². The third kappa shape index (κ3) is 23.8. The molecule has 0 rings (SSSR count). The third-order valence-corrected chi connectivity index (χ3v) is 5.83. The Morgan fingerprint density at radius 1 is 0.758 bits per heavy atom. The molecule has 1 amide bonds. The molecule has 0 saturated heterocycles. The van der Waals surface area contributed by atoms with Crippen LogP contribution < -0.4 is 5.32 Å². The van der Waals surface area contributed by atoms with Gasteiger partial charge in [0.2, 0.25) is 5.91 Å². The van der Waals surface area contributed by atoms with Crippen molar-refractivity contribution in [2.45, 2.75) is 143 Å². The lowest BCUT2D eigenvalue weighted by Gasteiger charge is -2.25. The number of rotatable bonds is 23. The van der Waals surface area contributed by atoms with Crippen LogP contribution in [-0.2, 0) is 19.1 Å². The lowest BCUT2D eigenvalue weighted by atomic mass is 10.0. The zero-order chi connectivity index (χ0) is 24.8. The van der Waals surface area contributed by atoms with Gasteiger partial charge in [-0.3, -0.25) is 9.59 Å². The van der Waals surface area contributed by atoms with Crippen LogP contribution in [0.3, 0.4) is 0 Å². The number of esters is 1. The van der Waals surface area contributed by atoms with E-state index in [1.165, 1.54) is 83.5 Å². The van der Waals surface area contributed by atoms with Crippen molar-refractivity contribution < 1.29 is 19.1 Å². The van der Waals surface area contributed by atoms with E-state index in [9.17, 15) is 9.59 Å². The van der Waals surface area contributed by atoms with Gasteiger partial charge in [-0.05, 0) is 26.2 Å². The maximum absolute atomic E-state index is 11.9. The summed E-state index contributed by atoms with van der Waals surface area (Å²) in [6, 6.07) is 0. The SMILES string of the molecule is CCCCCCCCCCCCCCCCCC(=O)NCC(=O)OCC(C)(C)OCC(C)C. The summed E-state index contributed by atoms with van der Waals surface area (Å²) in [5.41, 5.74) is -0.516. The van der Waals surface area contributed by atoms with E-state index in [-0.39, 0.29) is 19.1 Å². The minimum Gasteiger partial charge on any atom is -0.461 e. The van der Waals surface area contributed by atoms with E-state index in [1.807, 2.05) is 13.8 Å². The molecule has 0 aliphatic rings. The second kappa shape index (κ2) is 21.4. The van der Waals surface area contributed by atoms with E-state index in [4.69, 9.17) is 9.47 Å². The van der Waals surface area contributed by atoms with Gasteiger partial charge in [0, 0.05) is 13.0 Å². The number of hydrogen-bond donors (Lipinski definition) is 1. The molecule has 0 aliphatic carbocycles. The minimum atomic E-state index is -0.516. The van der Waals surface area contributed by atoms with Gasteiger partial charge in [-0.2, -0.15) is 0 Å². The van der Waals surface area contributed by atoms with Crippen LogP contribution in [-0.4, -0.2) is 37.2 Å². The summed E-state index contributed by atoms with van der Waals surface area (Å²) < 4.78 is 11.0. The Morgan fingerprint density at radius 3 is 1.67 bits per heavy atom. The van der Waals surface area contributed by atoms with Gasteiger partial charge in [0.25, 0.3) is 0 Å². The number of unbranched alkanes of at least 4 members (excludes halogenated alkanes) is 14. The van der Waals surface area contributed by atoms with Crippen molar-refractivity contribution in [3.8, 4) is 0 Å². The molecule has 0 aliphatic heterocycles. The van der Waals surface area contributed by atoms with E-state index in [1.54, 1.807) is 0 Å². The summed E-state index contributed by atoms with van der Waals surface area (Å²) in [5, 5.41) is 2.66. The number of amides is 1. The second-order valence-electron chi connectivity index (χ2n) is 10.6. The molecule has 0 bridgehead atoms. The predicted molar refractivity (Wildman–Crippen MR) is 138 cm³/mol. The number of ether oxygens (including phenoxy) is 2. The highest BCUT2D eigenvalue weighted by Crippen LogP contribution is 2.14. The molecular formula is C28H55NO4. The molecule has 0 unspecified atom stereocenters.